The van der Waals surface area contributed by atoms with Crippen molar-refractivity contribution in [2.45, 2.75) is 18.4 Å². The SMILES string of the molecule is Cc1nn(C)cc1CNS(=O)(=O)c1cc(N)cc(F)c1F. The van der Waals surface area contributed by atoms with Crippen LogP contribution < -0.4 is 10.5 Å². The maximum absolute atomic E-state index is 13.6. The summed E-state index contributed by atoms with van der Waals surface area (Å²) in [5.74, 6) is -2.77. The van der Waals surface area contributed by atoms with Gasteiger partial charge in [0.1, 0.15) is 4.90 Å². The lowest BCUT2D eigenvalue weighted by molar-refractivity contribution is 0.484. The predicted octanol–water partition coefficient (Wildman–Crippen LogP) is 1.07. The highest BCUT2D eigenvalue weighted by Gasteiger charge is 2.23. The zero-order valence-corrected chi connectivity index (χ0v) is 12.2. The number of nitrogen functional groups attached to an aromatic ring is 1. The van der Waals surface area contributed by atoms with E-state index in [4.69, 9.17) is 5.73 Å². The van der Waals surface area contributed by atoms with Crippen LogP contribution in [0.3, 0.4) is 0 Å². The first-order valence-corrected chi connectivity index (χ1v) is 7.42. The second kappa shape index (κ2) is 5.41. The van der Waals surface area contributed by atoms with E-state index in [1.165, 1.54) is 4.68 Å². The molecule has 6 nitrogen and oxygen atoms in total. The van der Waals surface area contributed by atoms with E-state index in [0.29, 0.717) is 11.3 Å². The molecule has 21 heavy (non-hydrogen) atoms. The Balaban J connectivity index is 2.29. The summed E-state index contributed by atoms with van der Waals surface area (Å²) >= 11 is 0. The average molecular weight is 316 g/mol. The topological polar surface area (TPSA) is 90.0 Å². The van der Waals surface area contributed by atoms with E-state index >= 15 is 0 Å². The summed E-state index contributed by atoms with van der Waals surface area (Å²) in [6, 6.07) is 1.59. The van der Waals surface area contributed by atoms with E-state index in [1.807, 2.05) is 0 Å². The minimum atomic E-state index is -4.22. The molecule has 1 aromatic heterocycles. The van der Waals surface area contributed by atoms with E-state index in [2.05, 4.69) is 9.82 Å². The number of halogens is 2. The number of rotatable bonds is 4. The maximum atomic E-state index is 13.6. The lowest BCUT2D eigenvalue weighted by atomic mass is 10.3. The molecule has 2 rings (SSSR count). The molecule has 3 N–H and O–H groups in total. The summed E-state index contributed by atoms with van der Waals surface area (Å²) in [5, 5.41) is 4.06. The van der Waals surface area contributed by atoms with Gasteiger partial charge in [0.2, 0.25) is 10.0 Å². The van der Waals surface area contributed by atoms with Gasteiger partial charge >= 0.3 is 0 Å². The van der Waals surface area contributed by atoms with Crippen LogP contribution in [0, 0.1) is 18.6 Å². The third kappa shape index (κ3) is 3.19. The van der Waals surface area contributed by atoms with Gasteiger partial charge < -0.3 is 5.73 Å². The summed E-state index contributed by atoms with van der Waals surface area (Å²) in [6.07, 6.45) is 1.63. The van der Waals surface area contributed by atoms with Crippen molar-refractivity contribution in [1.82, 2.24) is 14.5 Å². The summed E-state index contributed by atoms with van der Waals surface area (Å²) < 4.78 is 54.7. The Morgan fingerprint density at radius 1 is 1.38 bits per heavy atom. The van der Waals surface area contributed by atoms with Crippen molar-refractivity contribution in [3.63, 3.8) is 0 Å². The number of nitrogens with one attached hydrogen (secondary N) is 1. The van der Waals surface area contributed by atoms with Gasteiger partial charge in [0, 0.05) is 31.0 Å². The van der Waals surface area contributed by atoms with Gasteiger partial charge in [0.25, 0.3) is 0 Å². The molecule has 0 fully saturated rings. The molecule has 0 bridgehead atoms. The fourth-order valence-electron chi connectivity index (χ4n) is 1.85. The fraction of sp³-hybridized carbons (Fsp3) is 0.250. The molecule has 0 spiro atoms. The van der Waals surface area contributed by atoms with Crippen molar-refractivity contribution in [3.8, 4) is 0 Å². The molecule has 2 aromatic rings. The Hall–Kier alpha value is -2.00. The van der Waals surface area contributed by atoms with Gasteiger partial charge in [-0.25, -0.2) is 21.9 Å². The Kier molecular flexibility index (Phi) is 3.97. The first-order chi connectivity index (χ1) is 9.70. The zero-order chi connectivity index (χ0) is 15.8. The molecule has 0 unspecified atom stereocenters. The number of aromatic nitrogens is 2. The van der Waals surface area contributed by atoms with Crippen LogP contribution in [0.1, 0.15) is 11.3 Å². The molecule has 1 heterocycles. The third-order valence-corrected chi connectivity index (χ3v) is 4.27. The van der Waals surface area contributed by atoms with Crippen LogP contribution in [0.2, 0.25) is 0 Å². The first-order valence-electron chi connectivity index (χ1n) is 5.94. The van der Waals surface area contributed by atoms with E-state index in [1.54, 1.807) is 20.2 Å². The van der Waals surface area contributed by atoms with Crippen LogP contribution in [-0.4, -0.2) is 18.2 Å². The lowest BCUT2D eigenvalue weighted by Gasteiger charge is -2.08. The van der Waals surface area contributed by atoms with Gasteiger partial charge in [-0.15, -0.1) is 0 Å². The van der Waals surface area contributed by atoms with Gasteiger partial charge in [-0.3, -0.25) is 4.68 Å². The Morgan fingerprint density at radius 3 is 2.62 bits per heavy atom. The van der Waals surface area contributed by atoms with Gasteiger partial charge in [-0.05, 0) is 19.1 Å². The number of nitrogens with two attached hydrogens (primary N) is 1. The molecule has 0 amide bonds. The van der Waals surface area contributed by atoms with Crippen molar-refractivity contribution in [1.29, 1.82) is 0 Å². The Bertz CT molecular complexity index is 787. The number of sulfonamides is 1. The average Bonchev–Trinajstić information content (AvgIpc) is 2.70. The first kappa shape index (κ1) is 15.4. The van der Waals surface area contributed by atoms with Gasteiger partial charge in [0.05, 0.1) is 5.69 Å². The van der Waals surface area contributed by atoms with Gasteiger partial charge in [-0.2, -0.15) is 5.10 Å². The monoisotopic (exact) mass is 316 g/mol. The van der Waals surface area contributed by atoms with Crippen molar-refractivity contribution in [3.05, 3.63) is 41.2 Å². The highest BCUT2D eigenvalue weighted by molar-refractivity contribution is 7.89. The molecule has 0 atom stereocenters. The van der Waals surface area contributed by atoms with Crippen LogP contribution in [0.25, 0.3) is 0 Å². The summed E-state index contributed by atoms with van der Waals surface area (Å²) in [7, 11) is -2.53. The summed E-state index contributed by atoms with van der Waals surface area (Å²) in [4.78, 5) is -0.818. The van der Waals surface area contributed by atoms with Crippen molar-refractivity contribution >= 4 is 15.7 Å². The van der Waals surface area contributed by atoms with Crippen molar-refractivity contribution in [2.24, 2.45) is 7.05 Å². The smallest absolute Gasteiger partial charge is 0.243 e. The van der Waals surface area contributed by atoms with Crippen LogP contribution in [0.5, 0.6) is 0 Å². The predicted molar refractivity (Wildman–Crippen MR) is 72.7 cm³/mol. The minimum Gasteiger partial charge on any atom is -0.399 e. The van der Waals surface area contributed by atoms with E-state index in [0.717, 1.165) is 12.1 Å². The maximum Gasteiger partial charge on any atom is 0.243 e. The van der Waals surface area contributed by atoms with E-state index < -0.39 is 26.6 Å². The lowest BCUT2D eigenvalue weighted by Crippen LogP contribution is -2.25. The molecule has 0 saturated heterocycles. The molecule has 1 aromatic carbocycles. The Labute approximate surface area is 120 Å². The minimum absolute atomic E-state index is 0.0855. The largest absolute Gasteiger partial charge is 0.399 e. The molecular formula is C12H14F2N4O2S. The molecular weight excluding hydrogens is 302 g/mol. The van der Waals surface area contributed by atoms with Crippen LogP contribution in [-0.2, 0) is 23.6 Å². The van der Waals surface area contributed by atoms with E-state index in [9.17, 15) is 17.2 Å². The quantitative estimate of drug-likeness (QED) is 0.826. The van der Waals surface area contributed by atoms with E-state index in [-0.39, 0.29) is 12.2 Å². The normalized spacial score (nSPS) is 11.8. The standard InChI is InChI=1S/C12H14F2N4O2S/c1-7-8(6-18(2)17-7)5-16-21(19,20)11-4-9(15)3-10(13)12(11)14/h3-4,6,16H,5,15H2,1-2H3. The number of hydrogen-bond acceptors (Lipinski definition) is 4. The second-order valence-electron chi connectivity index (χ2n) is 4.55. The molecule has 114 valence electrons. The number of benzene rings is 1. The molecule has 0 saturated carbocycles. The molecule has 0 aliphatic rings. The molecule has 0 radical (unpaired) electrons. The fourth-order valence-corrected chi connectivity index (χ4v) is 2.98. The number of nitrogens with zero attached hydrogens (tertiary/aromatic N) is 2. The highest BCUT2D eigenvalue weighted by Crippen LogP contribution is 2.21. The number of hydrogen-bond donors (Lipinski definition) is 2. The number of aryl methyl sites for hydroxylation is 2. The Morgan fingerprint density at radius 2 is 2.05 bits per heavy atom. The van der Waals surface area contributed by atoms with Crippen LogP contribution in [0.4, 0.5) is 14.5 Å². The van der Waals surface area contributed by atoms with Crippen molar-refractivity contribution < 1.29 is 17.2 Å². The van der Waals surface area contributed by atoms with Crippen LogP contribution >= 0.6 is 0 Å². The number of anilines is 1. The summed E-state index contributed by atoms with van der Waals surface area (Å²) in [5.41, 5.74) is 6.44. The second-order valence-corrected chi connectivity index (χ2v) is 6.29. The van der Waals surface area contributed by atoms with Crippen LogP contribution in [0.15, 0.2) is 23.2 Å². The third-order valence-electron chi connectivity index (χ3n) is 2.87. The highest BCUT2D eigenvalue weighted by atomic mass is 32.2. The zero-order valence-electron chi connectivity index (χ0n) is 11.4. The van der Waals surface area contributed by atoms with Gasteiger partial charge in [0.15, 0.2) is 11.6 Å². The summed E-state index contributed by atoms with van der Waals surface area (Å²) in [6.45, 7) is 1.63. The molecule has 0 aliphatic heterocycles. The molecule has 9 heteroatoms. The molecule has 0 aliphatic carbocycles. The van der Waals surface area contributed by atoms with Gasteiger partial charge in [-0.1, -0.05) is 0 Å². The van der Waals surface area contributed by atoms with Crippen molar-refractivity contribution in [2.75, 3.05) is 5.73 Å².